The van der Waals surface area contributed by atoms with Gasteiger partial charge in [0, 0.05) is 33.6 Å². The molecule has 0 amide bonds. The number of sulfonamides is 4. The van der Waals surface area contributed by atoms with E-state index in [9.17, 15) is 73.2 Å². The van der Waals surface area contributed by atoms with Crippen LogP contribution in [-0.2, 0) is 40.1 Å². The molecule has 7 N–H and O–H groups in total. The number of halogens is 9. The maximum atomic E-state index is 12.8. The van der Waals surface area contributed by atoms with E-state index in [1.165, 1.54) is 76.2 Å². The van der Waals surface area contributed by atoms with Crippen molar-refractivity contribution in [3.63, 3.8) is 0 Å². The molecule has 0 fully saturated rings. The highest BCUT2D eigenvalue weighted by Crippen LogP contribution is 2.34. The second kappa shape index (κ2) is 20.1. The van der Waals surface area contributed by atoms with Crippen LogP contribution in [0.4, 0.5) is 56.6 Å². The Morgan fingerprint density at radius 3 is 1.24 bits per heavy atom. The van der Waals surface area contributed by atoms with Crippen LogP contribution in [0.5, 0.6) is 0 Å². The minimum Gasteiger partial charge on any atom is -0.331 e. The molecule has 384 valence electrons. The Labute approximate surface area is 413 Å². The Kier molecular flexibility index (Phi) is 14.6. The van der Waals surface area contributed by atoms with E-state index in [2.05, 4.69) is 43.6 Å². The summed E-state index contributed by atoms with van der Waals surface area (Å²) in [7, 11) is -20.6. The first kappa shape index (κ1) is 53.7. The molecule has 0 bridgehead atoms. The van der Waals surface area contributed by atoms with Gasteiger partial charge in [-0.15, -0.1) is 0 Å². The number of nitrogens with zero attached hydrogens (tertiary/aromatic N) is 2. The van der Waals surface area contributed by atoms with E-state index in [0.29, 0.717) is 55.7 Å². The first-order chi connectivity index (χ1) is 34.4. The third-order valence-electron chi connectivity index (χ3n) is 9.79. The maximum absolute atomic E-state index is 12.8. The smallest absolute Gasteiger partial charge is 0.331 e. The molecule has 0 aliphatic rings. The summed E-state index contributed by atoms with van der Waals surface area (Å²) in [5.74, 6) is 11.5. The zero-order valence-electron chi connectivity index (χ0n) is 36.5. The summed E-state index contributed by atoms with van der Waals surface area (Å²) in [5.41, 5.74) is -12.9. The number of anilines is 3. The minimum absolute atomic E-state index is 0.0140. The zero-order chi connectivity index (χ0) is 54.1. The highest BCUT2D eigenvalue weighted by Gasteiger charge is 2.47. The zero-order valence-corrected chi connectivity index (χ0v) is 39.7. The lowest BCUT2D eigenvalue weighted by Gasteiger charge is -2.14. The summed E-state index contributed by atoms with van der Waals surface area (Å²) < 4.78 is 210. The average molecular weight is 1110 g/mol. The standard InChI is InChI=1S/C23H14F6N4O4S2.C22H15F3N4O4S2/c24-22(25,26)38(34,35)32-16-9-5-14(6-10-16)7-12-21-30-19-11-8-15(13-20(19)31-21)17-3-1-2-4-18(17)33-39(36,37)23(27,28)29;23-22(24,25)35(32,33)29-16-9-5-14(6-10-16)7-12-21-27-18-11-8-15(13-19(18)28-21)17-3-1-2-4-20(17)34(26,30)31/h1-6,8-11,13,32-33H,(H,30,31);1-6,8-11,13,29H,(H,27,28)(H2,26,30,31). The second-order valence-electron chi connectivity index (χ2n) is 15.0. The number of benzene rings is 6. The van der Waals surface area contributed by atoms with E-state index in [1.807, 2.05) is 0 Å². The number of fused-ring (bicyclic) bond motifs is 2. The Morgan fingerprint density at radius 1 is 0.446 bits per heavy atom. The van der Waals surface area contributed by atoms with Gasteiger partial charge in [0.15, 0.2) is 11.6 Å². The quantitative estimate of drug-likeness (QED) is 0.0592. The predicted octanol–water partition coefficient (Wildman–Crippen LogP) is 8.69. The number of nitrogens with two attached hydrogens (primary N) is 1. The van der Waals surface area contributed by atoms with Crippen LogP contribution in [0.1, 0.15) is 22.8 Å². The van der Waals surface area contributed by atoms with Crippen molar-refractivity contribution in [1.29, 1.82) is 0 Å². The summed E-state index contributed by atoms with van der Waals surface area (Å²) in [6.07, 6.45) is 0. The Hall–Kier alpha value is -8.09. The van der Waals surface area contributed by atoms with Crippen molar-refractivity contribution in [3.8, 4) is 45.9 Å². The number of aromatic amines is 2. The van der Waals surface area contributed by atoms with Gasteiger partial charge in [0.2, 0.25) is 10.0 Å². The van der Waals surface area contributed by atoms with Crippen LogP contribution < -0.4 is 19.3 Å². The second-order valence-corrected chi connectivity index (χ2v) is 21.6. The summed E-state index contributed by atoms with van der Waals surface area (Å²) in [4.78, 5) is 14.5. The number of para-hydroxylation sites is 1. The number of aromatic nitrogens is 4. The maximum Gasteiger partial charge on any atom is 0.516 e. The summed E-state index contributed by atoms with van der Waals surface area (Å²) in [5, 5.41) is 5.32. The van der Waals surface area contributed by atoms with E-state index in [4.69, 9.17) is 5.14 Å². The van der Waals surface area contributed by atoms with Crippen molar-refractivity contribution in [2.75, 3.05) is 14.2 Å². The summed E-state index contributed by atoms with van der Waals surface area (Å²) >= 11 is 0. The third-order valence-corrected chi connectivity index (χ3v) is 14.1. The normalized spacial score (nSPS) is 12.4. The monoisotopic (exact) mass is 1110 g/mol. The van der Waals surface area contributed by atoms with Crippen LogP contribution >= 0.6 is 0 Å². The van der Waals surface area contributed by atoms with Crippen LogP contribution in [0.15, 0.2) is 138 Å². The number of primary sulfonamides is 1. The van der Waals surface area contributed by atoms with E-state index in [-0.39, 0.29) is 33.3 Å². The molecule has 0 saturated heterocycles. The molecular formula is C45H29F9N8O8S4. The lowest BCUT2D eigenvalue weighted by molar-refractivity contribution is -0.0435. The number of alkyl halides is 9. The van der Waals surface area contributed by atoms with Gasteiger partial charge in [0.05, 0.1) is 32.6 Å². The topological polar surface area (TPSA) is 256 Å². The molecule has 8 aromatic rings. The third kappa shape index (κ3) is 12.6. The van der Waals surface area contributed by atoms with Gasteiger partial charge in [-0.25, -0.2) is 23.5 Å². The Morgan fingerprint density at radius 2 is 0.824 bits per heavy atom. The molecule has 2 aromatic heterocycles. The molecule has 0 atom stereocenters. The highest BCUT2D eigenvalue weighted by atomic mass is 32.2. The molecule has 2 heterocycles. The van der Waals surface area contributed by atoms with Crippen LogP contribution in [0, 0.1) is 23.7 Å². The minimum atomic E-state index is -5.64. The SMILES string of the molecule is NS(=O)(=O)c1ccccc1-c1ccc2nc(C#Cc3ccc(NS(=O)(=O)C(F)(F)F)cc3)[nH]c2c1.O=S(=O)(Nc1ccc(C#Cc2nc3ccc(-c4ccccc4NS(=O)(=O)C(F)(F)F)cc3[nH]2)cc1)C(F)(F)F. The van der Waals surface area contributed by atoms with E-state index < -0.39 is 56.6 Å². The summed E-state index contributed by atoms with van der Waals surface area (Å²) in [6, 6.07) is 31.3. The van der Waals surface area contributed by atoms with Gasteiger partial charge in [-0.05, 0) is 108 Å². The van der Waals surface area contributed by atoms with Gasteiger partial charge in [0.1, 0.15) is 0 Å². The average Bonchev–Trinajstić information content (AvgIpc) is 3.93. The number of nitrogens with one attached hydrogen (secondary N) is 5. The van der Waals surface area contributed by atoms with E-state index in [1.54, 1.807) is 47.2 Å². The number of hydrogen-bond acceptors (Lipinski definition) is 10. The molecule has 74 heavy (non-hydrogen) atoms. The Bertz CT molecular complexity index is 4050. The lowest BCUT2D eigenvalue weighted by atomic mass is 10.0. The molecule has 0 radical (unpaired) electrons. The molecular weight excluding hydrogens is 1080 g/mol. The van der Waals surface area contributed by atoms with Crippen LogP contribution in [0.2, 0.25) is 0 Å². The van der Waals surface area contributed by atoms with Crippen molar-refractivity contribution < 1.29 is 73.2 Å². The Balaban J connectivity index is 0.000000217. The fraction of sp³-hybridized carbons (Fsp3) is 0.0667. The fourth-order valence-corrected chi connectivity index (χ4v) is 8.85. The fourth-order valence-electron chi connectivity index (χ4n) is 6.38. The van der Waals surface area contributed by atoms with Gasteiger partial charge in [-0.2, -0.15) is 64.8 Å². The molecule has 0 spiro atoms. The van der Waals surface area contributed by atoms with Crippen LogP contribution in [-0.4, -0.2) is 70.1 Å². The van der Waals surface area contributed by atoms with Crippen molar-refractivity contribution >= 4 is 79.2 Å². The molecule has 0 aliphatic carbocycles. The first-order valence-electron chi connectivity index (χ1n) is 20.1. The number of rotatable bonds is 9. The number of hydrogen-bond donors (Lipinski definition) is 6. The van der Waals surface area contributed by atoms with Gasteiger partial charge in [-0.3, -0.25) is 14.2 Å². The molecule has 29 heteroatoms. The van der Waals surface area contributed by atoms with E-state index in [0.717, 1.165) is 24.3 Å². The van der Waals surface area contributed by atoms with Gasteiger partial charge < -0.3 is 9.97 Å². The highest BCUT2D eigenvalue weighted by molar-refractivity contribution is 7.94. The summed E-state index contributed by atoms with van der Waals surface area (Å²) in [6.45, 7) is 0. The van der Waals surface area contributed by atoms with Crippen LogP contribution in [0.25, 0.3) is 44.3 Å². The predicted molar refractivity (Wildman–Crippen MR) is 255 cm³/mol. The largest absolute Gasteiger partial charge is 0.516 e. The molecule has 8 rings (SSSR count). The van der Waals surface area contributed by atoms with Crippen LogP contribution in [0.3, 0.4) is 0 Å². The molecule has 0 unspecified atom stereocenters. The molecule has 0 saturated carbocycles. The first-order valence-corrected chi connectivity index (χ1v) is 26.1. The van der Waals surface area contributed by atoms with Crippen molar-refractivity contribution in [3.05, 3.63) is 156 Å². The lowest BCUT2D eigenvalue weighted by Crippen LogP contribution is -2.30. The number of H-pyrrole nitrogens is 2. The molecule has 16 nitrogen and oxygen atoms in total. The number of imidazole rings is 2. The van der Waals surface area contributed by atoms with Crippen molar-refractivity contribution in [2.45, 2.75) is 21.4 Å². The van der Waals surface area contributed by atoms with E-state index >= 15 is 0 Å². The van der Waals surface area contributed by atoms with Gasteiger partial charge >= 0.3 is 46.6 Å². The van der Waals surface area contributed by atoms with Gasteiger partial charge in [0.25, 0.3) is 0 Å². The van der Waals surface area contributed by atoms with Crippen molar-refractivity contribution in [2.24, 2.45) is 5.14 Å². The van der Waals surface area contributed by atoms with Gasteiger partial charge in [-0.1, -0.05) is 60.4 Å². The molecule has 6 aromatic carbocycles. The molecule has 0 aliphatic heterocycles. The van der Waals surface area contributed by atoms with Crippen molar-refractivity contribution in [1.82, 2.24) is 19.9 Å².